The highest BCUT2D eigenvalue weighted by molar-refractivity contribution is 7.99. The molecule has 2 aromatic rings. The van der Waals surface area contributed by atoms with Crippen molar-refractivity contribution in [3.05, 3.63) is 59.7 Å². The number of carbonyl (C=O) groups is 1. The third-order valence-corrected chi connectivity index (χ3v) is 4.35. The molecule has 0 aliphatic rings. The fraction of sp³-hybridized carbons (Fsp3) is 0.188. The minimum Gasteiger partial charge on any atom is -0.348 e. The summed E-state index contributed by atoms with van der Waals surface area (Å²) >= 11 is 0.414. The smallest absolute Gasteiger partial charge is 0.288 e. The van der Waals surface area contributed by atoms with E-state index < -0.39 is 15.8 Å². The molecule has 5 nitrogen and oxygen atoms in total. The first-order valence-corrected chi connectivity index (χ1v) is 9.90. The molecule has 0 aromatic heterocycles. The first-order valence-electron chi connectivity index (χ1n) is 7.13. The fourth-order valence-corrected chi connectivity index (χ4v) is 3.09. The molecule has 0 aliphatic carbocycles. The maximum absolute atomic E-state index is 12.3. The van der Waals surface area contributed by atoms with E-state index in [0.29, 0.717) is 33.5 Å². The largest absolute Gasteiger partial charge is 0.348 e. The molecular formula is C16H16F2N2O3S2. The fourth-order valence-electron chi connectivity index (χ4n) is 2.03. The summed E-state index contributed by atoms with van der Waals surface area (Å²) in [6.07, 6.45) is 1.05. The number of nitrogens with one attached hydrogen (secondary N) is 2. The number of amides is 1. The molecule has 0 aliphatic heterocycles. The molecule has 0 bridgehead atoms. The Morgan fingerprint density at radius 3 is 2.44 bits per heavy atom. The molecule has 25 heavy (non-hydrogen) atoms. The van der Waals surface area contributed by atoms with Crippen LogP contribution in [0.15, 0.2) is 53.4 Å². The van der Waals surface area contributed by atoms with E-state index in [1.54, 1.807) is 24.3 Å². The van der Waals surface area contributed by atoms with Crippen molar-refractivity contribution in [3.8, 4) is 0 Å². The highest BCUT2D eigenvalue weighted by atomic mass is 32.2. The second-order valence-corrected chi connectivity index (χ2v) is 7.97. The van der Waals surface area contributed by atoms with Gasteiger partial charge in [0.25, 0.3) is 11.7 Å². The SMILES string of the molecule is CS(=O)(=O)Nc1cccc(CNC(=O)c2ccc(SC(F)F)cc2)c1. The zero-order valence-electron chi connectivity index (χ0n) is 13.2. The summed E-state index contributed by atoms with van der Waals surface area (Å²) in [4.78, 5) is 12.5. The molecule has 134 valence electrons. The monoisotopic (exact) mass is 386 g/mol. The van der Waals surface area contributed by atoms with Gasteiger partial charge in [-0.25, -0.2) is 8.42 Å². The van der Waals surface area contributed by atoms with Crippen molar-refractivity contribution < 1.29 is 22.0 Å². The third kappa shape index (κ3) is 6.71. The molecule has 0 spiro atoms. The highest BCUT2D eigenvalue weighted by Gasteiger charge is 2.09. The summed E-state index contributed by atoms with van der Waals surface area (Å²) in [5.41, 5.74) is 1.47. The van der Waals surface area contributed by atoms with Crippen LogP contribution in [0.4, 0.5) is 14.5 Å². The lowest BCUT2D eigenvalue weighted by molar-refractivity contribution is 0.0951. The zero-order valence-corrected chi connectivity index (χ0v) is 14.8. The van der Waals surface area contributed by atoms with Crippen LogP contribution >= 0.6 is 11.8 Å². The molecule has 0 fully saturated rings. The van der Waals surface area contributed by atoms with Crippen molar-refractivity contribution in [2.45, 2.75) is 17.2 Å². The van der Waals surface area contributed by atoms with E-state index in [2.05, 4.69) is 10.0 Å². The van der Waals surface area contributed by atoms with Crippen molar-refractivity contribution in [3.63, 3.8) is 0 Å². The lowest BCUT2D eigenvalue weighted by Crippen LogP contribution is -2.22. The Morgan fingerprint density at radius 1 is 1.16 bits per heavy atom. The normalized spacial score (nSPS) is 11.4. The number of benzene rings is 2. The second-order valence-electron chi connectivity index (χ2n) is 5.16. The van der Waals surface area contributed by atoms with Gasteiger partial charge in [-0.05, 0) is 42.0 Å². The molecule has 0 atom stereocenters. The number of anilines is 1. The zero-order chi connectivity index (χ0) is 18.4. The van der Waals surface area contributed by atoms with E-state index in [9.17, 15) is 22.0 Å². The molecule has 2 N–H and O–H groups in total. The van der Waals surface area contributed by atoms with Crippen molar-refractivity contribution in [1.29, 1.82) is 0 Å². The van der Waals surface area contributed by atoms with E-state index in [4.69, 9.17) is 0 Å². The first-order chi connectivity index (χ1) is 11.7. The number of hydrogen-bond acceptors (Lipinski definition) is 4. The van der Waals surface area contributed by atoms with Crippen LogP contribution in [0.3, 0.4) is 0 Å². The third-order valence-electron chi connectivity index (χ3n) is 3.02. The van der Waals surface area contributed by atoms with Crippen LogP contribution in [-0.2, 0) is 16.6 Å². The van der Waals surface area contributed by atoms with E-state index >= 15 is 0 Å². The summed E-state index contributed by atoms with van der Waals surface area (Å²) in [5.74, 6) is -2.86. The first kappa shape index (κ1) is 19.2. The minimum absolute atomic E-state index is 0.200. The molecule has 1 amide bonds. The maximum atomic E-state index is 12.3. The van der Waals surface area contributed by atoms with E-state index in [-0.39, 0.29) is 12.5 Å². The van der Waals surface area contributed by atoms with Gasteiger partial charge in [-0.3, -0.25) is 9.52 Å². The van der Waals surface area contributed by atoms with Crippen LogP contribution in [-0.4, -0.2) is 26.3 Å². The van der Waals surface area contributed by atoms with Gasteiger partial charge in [-0.15, -0.1) is 0 Å². The molecule has 0 radical (unpaired) electrons. The molecule has 0 unspecified atom stereocenters. The molecule has 2 rings (SSSR count). The van der Waals surface area contributed by atoms with Gasteiger partial charge in [0.2, 0.25) is 10.0 Å². The Bertz CT molecular complexity index is 841. The van der Waals surface area contributed by atoms with Gasteiger partial charge < -0.3 is 5.32 Å². The summed E-state index contributed by atoms with van der Waals surface area (Å²) in [6.45, 7) is 0.200. The van der Waals surface area contributed by atoms with Gasteiger partial charge in [0.1, 0.15) is 0 Å². The number of thioether (sulfide) groups is 1. The summed E-state index contributed by atoms with van der Waals surface area (Å²) in [7, 11) is -3.37. The Hall–Kier alpha value is -2.13. The van der Waals surface area contributed by atoms with Crippen LogP contribution in [0.5, 0.6) is 0 Å². The number of sulfonamides is 1. The van der Waals surface area contributed by atoms with Gasteiger partial charge in [0, 0.05) is 22.7 Å². The number of rotatable bonds is 7. The van der Waals surface area contributed by atoms with Crippen LogP contribution in [0.25, 0.3) is 0 Å². The lowest BCUT2D eigenvalue weighted by Gasteiger charge is -2.09. The average molecular weight is 386 g/mol. The predicted molar refractivity (Wildman–Crippen MR) is 94.4 cm³/mol. The van der Waals surface area contributed by atoms with Crippen LogP contribution < -0.4 is 10.0 Å². The van der Waals surface area contributed by atoms with E-state index in [1.807, 2.05) is 0 Å². The highest BCUT2D eigenvalue weighted by Crippen LogP contribution is 2.25. The van der Waals surface area contributed by atoms with Crippen LogP contribution in [0.1, 0.15) is 15.9 Å². The Kier molecular flexibility index (Phi) is 6.38. The van der Waals surface area contributed by atoms with Crippen molar-refractivity contribution in [2.24, 2.45) is 0 Å². The van der Waals surface area contributed by atoms with Crippen LogP contribution in [0.2, 0.25) is 0 Å². The number of alkyl halides is 2. The Balaban J connectivity index is 1.96. The summed E-state index contributed by atoms with van der Waals surface area (Å²) in [5, 5.41) is 2.69. The molecule has 9 heteroatoms. The van der Waals surface area contributed by atoms with E-state index in [0.717, 1.165) is 6.26 Å². The number of carbonyl (C=O) groups excluding carboxylic acids is 1. The maximum Gasteiger partial charge on any atom is 0.288 e. The van der Waals surface area contributed by atoms with Crippen molar-refractivity contribution in [1.82, 2.24) is 5.32 Å². The molecule has 0 saturated carbocycles. The molecular weight excluding hydrogens is 370 g/mol. The van der Waals surface area contributed by atoms with Gasteiger partial charge in [0.05, 0.1) is 6.26 Å². The van der Waals surface area contributed by atoms with Crippen LogP contribution in [0, 0.1) is 0 Å². The Labute approximate surface area is 148 Å². The minimum atomic E-state index is -3.37. The second kappa shape index (κ2) is 8.30. The van der Waals surface area contributed by atoms with Gasteiger partial charge >= 0.3 is 0 Å². The summed E-state index contributed by atoms with van der Waals surface area (Å²) in [6, 6.07) is 12.5. The topological polar surface area (TPSA) is 75.3 Å². The van der Waals surface area contributed by atoms with Crippen molar-refractivity contribution >= 4 is 33.4 Å². The Morgan fingerprint density at radius 2 is 1.84 bits per heavy atom. The van der Waals surface area contributed by atoms with Crippen molar-refractivity contribution in [2.75, 3.05) is 11.0 Å². The van der Waals surface area contributed by atoms with Gasteiger partial charge in [0.15, 0.2) is 0 Å². The molecule has 0 saturated heterocycles. The van der Waals surface area contributed by atoms with E-state index in [1.165, 1.54) is 24.3 Å². The summed E-state index contributed by atoms with van der Waals surface area (Å²) < 4.78 is 49.3. The number of halogens is 2. The predicted octanol–water partition coefficient (Wildman–Crippen LogP) is 3.30. The lowest BCUT2D eigenvalue weighted by atomic mass is 10.2. The number of hydrogen-bond donors (Lipinski definition) is 2. The quantitative estimate of drug-likeness (QED) is 0.716. The van der Waals surface area contributed by atoms with Gasteiger partial charge in [-0.2, -0.15) is 8.78 Å². The van der Waals surface area contributed by atoms with Gasteiger partial charge in [-0.1, -0.05) is 23.9 Å². The molecule has 2 aromatic carbocycles. The standard InChI is InChI=1S/C16H16F2N2O3S2/c1-25(22,23)20-13-4-2-3-11(9-13)10-19-15(21)12-5-7-14(8-6-12)24-16(17)18/h2-9,16,20H,10H2,1H3,(H,19,21). The molecule has 0 heterocycles. The average Bonchev–Trinajstić information content (AvgIpc) is 2.51.